The first-order valence-corrected chi connectivity index (χ1v) is 15.7. The van der Waals surface area contributed by atoms with Crippen molar-refractivity contribution in [2.24, 2.45) is 0 Å². The molecule has 26 heavy (non-hydrogen) atoms. The molecule has 0 radical (unpaired) electrons. The van der Waals surface area contributed by atoms with Gasteiger partial charge in [0.25, 0.3) is 0 Å². The molecule has 1 saturated heterocycles. The third kappa shape index (κ3) is 14.0. The van der Waals surface area contributed by atoms with Crippen LogP contribution in [-0.4, -0.2) is 114 Å². The van der Waals surface area contributed by atoms with Crippen molar-refractivity contribution in [2.75, 3.05) is 69.0 Å². The summed E-state index contributed by atoms with van der Waals surface area (Å²) in [5, 5.41) is 40.0. The SMILES string of the molecule is OC1CSCCSCCSCC(O)C(O)CSCCSCCSCC1O. The van der Waals surface area contributed by atoms with Gasteiger partial charge >= 0.3 is 0 Å². The number of rotatable bonds is 0. The monoisotopic (exact) mass is 480 g/mol. The number of thioether (sulfide) groups is 6. The van der Waals surface area contributed by atoms with Crippen molar-refractivity contribution in [1.82, 2.24) is 0 Å². The summed E-state index contributed by atoms with van der Waals surface area (Å²) >= 11 is 10.5. The maximum atomic E-state index is 10.00. The first-order chi connectivity index (χ1) is 12.6. The van der Waals surface area contributed by atoms with Crippen molar-refractivity contribution in [2.45, 2.75) is 24.4 Å². The number of aliphatic hydroxyl groups is 4. The Morgan fingerprint density at radius 3 is 0.769 bits per heavy atom. The molecular weight excluding hydrogens is 449 g/mol. The maximum absolute atomic E-state index is 10.00. The average molecular weight is 481 g/mol. The van der Waals surface area contributed by atoms with Crippen molar-refractivity contribution in [3.63, 3.8) is 0 Å². The summed E-state index contributed by atoms with van der Waals surface area (Å²) in [4.78, 5) is 0. The van der Waals surface area contributed by atoms with E-state index >= 15 is 0 Å². The fourth-order valence-corrected chi connectivity index (χ4v) is 8.64. The summed E-state index contributed by atoms with van der Waals surface area (Å²) in [5.74, 6) is 10.4. The number of hydrogen-bond acceptors (Lipinski definition) is 10. The lowest BCUT2D eigenvalue weighted by molar-refractivity contribution is 0.0500. The van der Waals surface area contributed by atoms with Crippen LogP contribution < -0.4 is 0 Å². The second-order valence-electron chi connectivity index (χ2n) is 5.79. The Kier molecular flexibility index (Phi) is 17.8. The lowest BCUT2D eigenvalue weighted by atomic mass is 10.3. The molecule has 0 saturated carbocycles. The molecule has 10 heteroatoms. The fraction of sp³-hybridized carbons (Fsp3) is 1.00. The lowest BCUT2D eigenvalue weighted by Crippen LogP contribution is -2.30. The smallest absolute Gasteiger partial charge is 0.0897 e. The van der Waals surface area contributed by atoms with E-state index in [1.807, 2.05) is 23.5 Å². The van der Waals surface area contributed by atoms with Crippen LogP contribution in [0.2, 0.25) is 0 Å². The van der Waals surface area contributed by atoms with E-state index in [0.29, 0.717) is 23.0 Å². The first-order valence-electron chi connectivity index (χ1n) is 8.80. The molecule has 4 N–H and O–H groups in total. The van der Waals surface area contributed by atoms with Gasteiger partial charge in [0.1, 0.15) is 0 Å². The highest BCUT2D eigenvalue weighted by Gasteiger charge is 2.17. The first kappa shape index (κ1) is 26.0. The standard InChI is InChI=1S/C16H32O4S6/c17-13-9-23-5-1-21-2-6-24-10-15(19)16(20)12-26-8-4-22-3-7-25-11-14(13)18/h13-20H,1-12H2. The minimum Gasteiger partial charge on any atom is -0.390 e. The predicted molar refractivity (Wildman–Crippen MR) is 128 cm³/mol. The molecule has 0 aromatic heterocycles. The molecular formula is C16H32O4S6. The summed E-state index contributed by atoms with van der Waals surface area (Å²) in [5.41, 5.74) is 0. The van der Waals surface area contributed by atoms with Gasteiger partial charge in [0.15, 0.2) is 0 Å². The Bertz CT molecular complexity index is 271. The van der Waals surface area contributed by atoms with Crippen LogP contribution in [0.1, 0.15) is 0 Å². The molecule has 0 bridgehead atoms. The van der Waals surface area contributed by atoms with Crippen molar-refractivity contribution >= 4 is 70.6 Å². The summed E-state index contributed by atoms with van der Waals surface area (Å²) in [6.45, 7) is 0. The van der Waals surface area contributed by atoms with Gasteiger partial charge in [-0.1, -0.05) is 0 Å². The van der Waals surface area contributed by atoms with Gasteiger partial charge in [-0.2, -0.15) is 70.6 Å². The molecule has 0 spiro atoms. The normalized spacial score (nSPS) is 33.7. The zero-order valence-electron chi connectivity index (χ0n) is 15.0. The van der Waals surface area contributed by atoms with Crippen LogP contribution in [0.25, 0.3) is 0 Å². The van der Waals surface area contributed by atoms with Crippen LogP contribution in [0.3, 0.4) is 0 Å². The van der Waals surface area contributed by atoms with E-state index < -0.39 is 24.4 Å². The molecule has 1 rings (SSSR count). The Morgan fingerprint density at radius 2 is 0.538 bits per heavy atom. The molecule has 1 aliphatic rings. The molecule has 0 aromatic carbocycles. The van der Waals surface area contributed by atoms with E-state index in [1.165, 1.54) is 0 Å². The third-order valence-corrected chi connectivity index (χ3v) is 10.8. The van der Waals surface area contributed by atoms with E-state index in [9.17, 15) is 20.4 Å². The summed E-state index contributed by atoms with van der Waals surface area (Å²) < 4.78 is 0. The largest absolute Gasteiger partial charge is 0.390 e. The molecule has 156 valence electrons. The zero-order valence-corrected chi connectivity index (χ0v) is 19.9. The minimum atomic E-state index is -0.636. The van der Waals surface area contributed by atoms with Gasteiger partial charge in [-0.25, -0.2) is 0 Å². The van der Waals surface area contributed by atoms with Crippen LogP contribution in [-0.2, 0) is 0 Å². The van der Waals surface area contributed by atoms with Gasteiger partial charge in [-0.3, -0.25) is 0 Å². The molecule has 0 amide bonds. The van der Waals surface area contributed by atoms with E-state index in [2.05, 4.69) is 0 Å². The van der Waals surface area contributed by atoms with Gasteiger partial charge in [0, 0.05) is 69.0 Å². The summed E-state index contributed by atoms with van der Waals surface area (Å²) in [6, 6.07) is 0. The quantitative estimate of drug-likeness (QED) is 0.412. The fourth-order valence-electron chi connectivity index (χ4n) is 1.94. The number of aliphatic hydroxyl groups excluding tert-OH is 4. The van der Waals surface area contributed by atoms with Gasteiger partial charge in [0.05, 0.1) is 24.4 Å². The average Bonchev–Trinajstić information content (AvgIpc) is 2.63. The van der Waals surface area contributed by atoms with Gasteiger partial charge < -0.3 is 20.4 Å². The maximum Gasteiger partial charge on any atom is 0.0897 e. The van der Waals surface area contributed by atoms with Crippen LogP contribution in [0.5, 0.6) is 0 Å². The van der Waals surface area contributed by atoms with Crippen LogP contribution >= 0.6 is 70.6 Å². The highest BCUT2D eigenvalue weighted by Crippen LogP contribution is 2.17. The van der Waals surface area contributed by atoms with Crippen molar-refractivity contribution in [1.29, 1.82) is 0 Å². The summed E-state index contributed by atoms with van der Waals surface area (Å²) in [7, 11) is 0. The molecule has 0 aromatic rings. The van der Waals surface area contributed by atoms with E-state index in [4.69, 9.17) is 0 Å². The highest BCUT2D eigenvalue weighted by molar-refractivity contribution is 8.05. The van der Waals surface area contributed by atoms with Crippen LogP contribution in [0, 0.1) is 0 Å². The Morgan fingerprint density at radius 1 is 0.346 bits per heavy atom. The Balaban J connectivity index is 2.27. The number of hydrogen-bond donors (Lipinski definition) is 4. The molecule has 0 aliphatic carbocycles. The minimum absolute atomic E-state index is 0.590. The van der Waals surface area contributed by atoms with Crippen molar-refractivity contribution in [3.8, 4) is 0 Å². The van der Waals surface area contributed by atoms with Gasteiger partial charge in [-0.05, 0) is 0 Å². The molecule has 1 aliphatic heterocycles. The Hall–Kier alpha value is 1.94. The molecule has 1 fully saturated rings. The Labute approximate surface area is 183 Å². The predicted octanol–water partition coefficient (Wildman–Crippen LogP) is 1.84. The second kappa shape index (κ2) is 17.8. The molecule has 1 heterocycles. The zero-order chi connectivity index (χ0) is 19.0. The van der Waals surface area contributed by atoms with Crippen molar-refractivity contribution < 1.29 is 20.4 Å². The van der Waals surface area contributed by atoms with Crippen molar-refractivity contribution in [3.05, 3.63) is 0 Å². The van der Waals surface area contributed by atoms with Gasteiger partial charge in [-0.15, -0.1) is 0 Å². The molecule has 4 atom stereocenters. The van der Waals surface area contributed by atoms with E-state index in [0.717, 1.165) is 46.0 Å². The lowest BCUT2D eigenvalue weighted by Gasteiger charge is -2.18. The molecule has 4 nitrogen and oxygen atoms in total. The van der Waals surface area contributed by atoms with E-state index in [1.54, 1.807) is 47.0 Å². The topological polar surface area (TPSA) is 80.9 Å². The summed E-state index contributed by atoms with van der Waals surface area (Å²) in [6.07, 6.45) is -2.54. The highest BCUT2D eigenvalue weighted by atomic mass is 32.2. The second-order valence-corrected chi connectivity index (χ2v) is 12.8. The third-order valence-electron chi connectivity index (χ3n) is 3.53. The molecule has 4 unspecified atom stereocenters. The van der Waals surface area contributed by atoms with E-state index in [-0.39, 0.29) is 0 Å². The van der Waals surface area contributed by atoms with Crippen LogP contribution in [0.4, 0.5) is 0 Å². The van der Waals surface area contributed by atoms with Crippen LogP contribution in [0.15, 0.2) is 0 Å². The van der Waals surface area contributed by atoms with Gasteiger partial charge in [0.2, 0.25) is 0 Å².